The zero-order valence-electron chi connectivity index (χ0n) is 13.2. The smallest absolute Gasteiger partial charge is 0.0647 e. The summed E-state index contributed by atoms with van der Waals surface area (Å²) in [7, 11) is 1.61. The molecular formula is C18H21N2O2Pt-. The molecule has 0 radical (unpaired) electrons. The molecular weight excluding hydrogens is 471 g/mol. The molecule has 23 heavy (non-hydrogen) atoms. The maximum atomic E-state index is 9.60. The first-order valence-electron chi connectivity index (χ1n) is 7.72. The number of nitrogens with zero attached hydrogens (tertiary/aromatic N) is 2. The fraction of sp³-hybridized carbons (Fsp3) is 0.389. The van der Waals surface area contributed by atoms with Gasteiger partial charge in [-0.3, -0.25) is 0 Å². The van der Waals surface area contributed by atoms with Crippen LogP contribution >= 0.6 is 0 Å². The van der Waals surface area contributed by atoms with Crippen molar-refractivity contribution >= 4 is 5.69 Å². The molecule has 3 rings (SSSR count). The van der Waals surface area contributed by atoms with E-state index in [0.717, 1.165) is 29.9 Å². The summed E-state index contributed by atoms with van der Waals surface area (Å²) < 4.78 is 5.20. The van der Waals surface area contributed by atoms with Crippen molar-refractivity contribution in [3.8, 4) is 17.0 Å². The summed E-state index contributed by atoms with van der Waals surface area (Å²) in [5.74, 6) is 0.694. The van der Waals surface area contributed by atoms with Crippen molar-refractivity contribution in [2.75, 3.05) is 25.1 Å². The van der Waals surface area contributed by atoms with Gasteiger partial charge in [-0.2, -0.15) is 0 Å². The molecule has 0 unspecified atom stereocenters. The number of aromatic nitrogens is 1. The van der Waals surface area contributed by atoms with Crippen molar-refractivity contribution in [2.45, 2.75) is 25.9 Å². The Morgan fingerprint density at radius 3 is 2.74 bits per heavy atom. The van der Waals surface area contributed by atoms with E-state index in [1.165, 1.54) is 24.9 Å². The monoisotopic (exact) mass is 492 g/mol. The Morgan fingerprint density at radius 2 is 2.04 bits per heavy atom. The zero-order chi connectivity index (χ0) is 15.4. The van der Waals surface area contributed by atoms with Gasteiger partial charge in [-0.05, 0) is 31.0 Å². The van der Waals surface area contributed by atoms with E-state index < -0.39 is 0 Å². The van der Waals surface area contributed by atoms with Gasteiger partial charge in [0.1, 0.15) is 0 Å². The van der Waals surface area contributed by atoms with Gasteiger partial charge < -0.3 is 19.7 Å². The van der Waals surface area contributed by atoms with Crippen molar-refractivity contribution in [3.63, 3.8) is 0 Å². The first-order chi connectivity index (χ1) is 10.8. The molecule has 1 N–H and O–H groups in total. The van der Waals surface area contributed by atoms with Crippen LogP contribution in [0, 0.1) is 6.07 Å². The maximum Gasteiger partial charge on any atom is 0.0647 e. The van der Waals surface area contributed by atoms with Crippen molar-refractivity contribution in [2.24, 2.45) is 0 Å². The third-order valence-corrected chi connectivity index (χ3v) is 4.12. The second-order valence-corrected chi connectivity index (χ2v) is 5.54. The van der Waals surface area contributed by atoms with Crippen LogP contribution in [0.25, 0.3) is 11.3 Å². The number of aliphatic hydroxyl groups excluding tert-OH is 1. The van der Waals surface area contributed by atoms with Crippen LogP contribution in [0.3, 0.4) is 0 Å². The Labute approximate surface area is 151 Å². The average molecular weight is 492 g/mol. The van der Waals surface area contributed by atoms with E-state index in [2.05, 4.69) is 28.1 Å². The summed E-state index contributed by atoms with van der Waals surface area (Å²) in [5.41, 5.74) is 3.65. The Hall–Kier alpha value is -1.38. The quantitative estimate of drug-likeness (QED) is 0.667. The molecule has 4 nitrogen and oxygen atoms in total. The molecule has 0 bridgehead atoms. The fourth-order valence-corrected chi connectivity index (χ4v) is 2.91. The van der Waals surface area contributed by atoms with Crippen molar-refractivity contribution < 1.29 is 30.9 Å². The molecule has 0 atom stereocenters. The third-order valence-electron chi connectivity index (χ3n) is 4.12. The molecule has 1 aromatic heterocycles. The van der Waals surface area contributed by atoms with Crippen LogP contribution in [-0.2, 0) is 27.7 Å². The SMILES string of the molecule is COc1c[c-]c(-c2cc(N3CCCCC3)ccn2)c(CO)c1.[Pt]. The second kappa shape index (κ2) is 8.46. The average Bonchev–Trinajstić information content (AvgIpc) is 2.62. The Bertz CT molecular complexity index is 643. The number of rotatable bonds is 4. The molecule has 2 aromatic rings. The summed E-state index contributed by atoms with van der Waals surface area (Å²) in [6.45, 7) is 2.14. The molecule has 126 valence electrons. The van der Waals surface area contributed by atoms with Gasteiger partial charge in [-0.15, -0.1) is 17.7 Å². The topological polar surface area (TPSA) is 45.6 Å². The van der Waals surface area contributed by atoms with E-state index in [9.17, 15) is 5.11 Å². The molecule has 1 fully saturated rings. The van der Waals surface area contributed by atoms with Crippen LogP contribution in [0.5, 0.6) is 5.75 Å². The minimum absolute atomic E-state index is 0. The molecule has 1 aliphatic heterocycles. The van der Waals surface area contributed by atoms with E-state index in [0.29, 0.717) is 5.75 Å². The number of hydrogen-bond donors (Lipinski definition) is 1. The van der Waals surface area contributed by atoms with Crippen LogP contribution in [0.1, 0.15) is 24.8 Å². The number of aliphatic hydroxyl groups is 1. The number of piperidine rings is 1. The van der Waals surface area contributed by atoms with Gasteiger partial charge in [-0.1, -0.05) is 17.7 Å². The van der Waals surface area contributed by atoms with Gasteiger partial charge in [0, 0.05) is 58.4 Å². The molecule has 5 heteroatoms. The first-order valence-corrected chi connectivity index (χ1v) is 7.72. The van der Waals surface area contributed by atoms with Crippen LogP contribution in [-0.4, -0.2) is 30.3 Å². The van der Waals surface area contributed by atoms with Gasteiger partial charge in [0.25, 0.3) is 0 Å². The van der Waals surface area contributed by atoms with Gasteiger partial charge in [-0.25, -0.2) is 0 Å². The van der Waals surface area contributed by atoms with Crippen LogP contribution in [0.15, 0.2) is 30.5 Å². The summed E-state index contributed by atoms with van der Waals surface area (Å²) in [6, 6.07) is 10.9. The van der Waals surface area contributed by atoms with E-state index in [1.807, 2.05) is 12.3 Å². The standard InChI is InChI=1S/C18H21N2O2.Pt/c1-22-16-5-6-17(14(11-16)13-21)18-12-15(7-8-19-18)20-9-3-2-4-10-20;/h5,7-8,11-12,21H,2-4,9-10,13H2,1H3;/q-1;. The van der Waals surface area contributed by atoms with Gasteiger partial charge in [0.05, 0.1) is 7.11 Å². The molecule has 0 aliphatic carbocycles. The molecule has 0 saturated carbocycles. The molecule has 1 aliphatic rings. The number of ether oxygens (including phenoxy) is 1. The zero-order valence-corrected chi connectivity index (χ0v) is 15.5. The van der Waals surface area contributed by atoms with Gasteiger partial charge >= 0.3 is 0 Å². The minimum Gasteiger partial charge on any atom is -0.540 e. The van der Waals surface area contributed by atoms with Crippen molar-refractivity contribution in [3.05, 3.63) is 42.1 Å². The molecule has 0 amide bonds. The van der Waals surface area contributed by atoms with Crippen LogP contribution in [0.2, 0.25) is 0 Å². The van der Waals surface area contributed by atoms with Gasteiger partial charge in [0.15, 0.2) is 0 Å². The minimum atomic E-state index is -0.0569. The van der Waals surface area contributed by atoms with E-state index >= 15 is 0 Å². The maximum absolute atomic E-state index is 9.60. The van der Waals surface area contributed by atoms with E-state index in [4.69, 9.17) is 4.74 Å². The Kier molecular flexibility index (Phi) is 6.61. The normalized spacial score (nSPS) is 14.3. The largest absolute Gasteiger partial charge is 0.540 e. The number of hydrogen-bond acceptors (Lipinski definition) is 4. The fourth-order valence-electron chi connectivity index (χ4n) is 2.91. The molecule has 0 spiro atoms. The predicted molar refractivity (Wildman–Crippen MR) is 87.0 cm³/mol. The Balaban J connectivity index is 0.00000192. The summed E-state index contributed by atoms with van der Waals surface area (Å²) in [6.07, 6.45) is 5.64. The summed E-state index contributed by atoms with van der Waals surface area (Å²) in [4.78, 5) is 6.86. The van der Waals surface area contributed by atoms with E-state index in [-0.39, 0.29) is 27.7 Å². The van der Waals surface area contributed by atoms with Crippen LogP contribution < -0.4 is 9.64 Å². The second-order valence-electron chi connectivity index (χ2n) is 5.54. The summed E-state index contributed by atoms with van der Waals surface area (Å²) >= 11 is 0. The third kappa shape index (κ3) is 4.13. The predicted octanol–water partition coefficient (Wildman–Crippen LogP) is 3.04. The number of pyridine rings is 1. The van der Waals surface area contributed by atoms with Crippen LogP contribution in [0.4, 0.5) is 5.69 Å². The van der Waals surface area contributed by atoms with Gasteiger partial charge in [0.2, 0.25) is 0 Å². The number of anilines is 1. The first kappa shape index (κ1) is 18.0. The van der Waals surface area contributed by atoms with Crippen molar-refractivity contribution in [1.29, 1.82) is 0 Å². The molecule has 1 saturated heterocycles. The number of benzene rings is 1. The molecule has 1 aromatic carbocycles. The number of methoxy groups -OCH3 is 1. The van der Waals surface area contributed by atoms with E-state index in [1.54, 1.807) is 13.2 Å². The van der Waals surface area contributed by atoms with Crippen molar-refractivity contribution in [1.82, 2.24) is 4.98 Å². The Morgan fingerprint density at radius 1 is 1.26 bits per heavy atom. The summed E-state index contributed by atoms with van der Waals surface area (Å²) in [5, 5.41) is 9.60. The molecule has 2 heterocycles.